The fourth-order valence-corrected chi connectivity index (χ4v) is 2.87. The molecule has 0 amide bonds. The first-order chi connectivity index (χ1) is 9.79. The third kappa shape index (κ3) is 2.51. The number of hydrogen-bond acceptors (Lipinski definition) is 2. The van der Waals surface area contributed by atoms with Gasteiger partial charge in [0.1, 0.15) is 0 Å². The molecule has 0 aliphatic carbocycles. The number of ether oxygens (including phenoxy) is 1. The normalized spacial score (nSPS) is 17.2. The second kappa shape index (κ2) is 5.81. The lowest BCUT2D eigenvalue weighted by molar-refractivity contribution is 0.104. The zero-order chi connectivity index (χ0) is 13.9. The molecule has 1 aliphatic heterocycles. The van der Waals surface area contributed by atoms with Gasteiger partial charge < -0.3 is 14.6 Å². The van der Waals surface area contributed by atoms with E-state index < -0.39 is 0 Å². The number of rotatable bonds is 4. The number of nitrogens with one attached hydrogen (secondary N) is 1. The number of methoxy groups -OCH3 is 1. The van der Waals surface area contributed by atoms with E-state index in [1.807, 2.05) is 0 Å². The van der Waals surface area contributed by atoms with Gasteiger partial charge in [0, 0.05) is 42.9 Å². The third-order valence-corrected chi connectivity index (χ3v) is 4.05. The van der Waals surface area contributed by atoms with Crippen LogP contribution in [-0.4, -0.2) is 30.9 Å². The van der Waals surface area contributed by atoms with Gasteiger partial charge in [-0.05, 0) is 31.5 Å². The number of aromatic nitrogens is 1. The van der Waals surface area contributed by atoms with Gasteiger partial charge in [0.25, 0.3) is 0 Å². The second-order valence-corrected chi connectivity index (χ2v) is 5.44. The summed E-state index contributed by atoms with van der Waals surface area (Å²) in [5.74, 6) is 0. The number of para-hydroxylation sites is 1. The molecular formula is C17H22N2O. The lowest BCUT2D eigenvalue weighted by atomic mass is 10.00. The van der Waals surface area contributed by atoms with Crippen LogP contribution in [0.2, 0.25) is 0 Å². The molecule has 2 aromatic rings. The van der Waals surface area contributed by atoms with Gasteiger partial charge in [-0.3, -0.25) is 0 Å². The Bertz CT molecular complexity index is 627. The molecule has 1 unspecified atom stereocenters. The van der Waals surface area contributed by atoms with Crippen LogP contribution in [0, 0.1) is 0 Å². The molecule has 0 saturated carbocycles. The quantitative estimate of drug-likeness (QED) is 0.924. The highest BCUT2D eigenvalue weighted by molar-refractivity contribution is 5.93. The van der Waals surface area contributed by atoms with Crippen molar-refractivity contribution in [2.24, 2.45) is 0 Å². The van der Waals surface area contributed by atoms with Crippen molar-refractivity contribution >= 4 is 16.5 Å². The average Bonchev–Trinajstić information content (AvgIpc) is 2.87. The Balaban J connectivity index is 2.06. The van der Waals surface area contributed by atoms with Crippen LogP contribution in [0.15, 0.2) is 36.5 Å². The summed E-state index contributed by atoms with van der Waals surface area (Å²) in [7, 11) is 1.77. The summed E-state index contributed by atoms with van der Waals surface area (Å²) in [4.78, 5) is 0. The molecule has 1 aromatic carbocycles. The first-order valence-corrected chi connectivity index (χ1v) is 7.30. The van der Waals surface area contributed by atoms with Crippen LogP contribution in [0.3, 0.4) is 0 Å². The number of fused-ring (bicyclic) bond motifs is 1. The molecule has 1 atom stereocenters. The van der Waals surface area contributed by atoms with E-state index in [-0.39, 0.29) is 6.10 Å². The Labute approximate surface area is 120 Å². The van der Waals surface area contributed by atoms with E-state index in [2.05, 4.69) is 53.3 Å². The summed E-state index contributed by atoms with van der Waals surface area (Å²) >= 11 is 0. The van der Waals surface area contributed by atoms with Crippen LogP contribution >= 0.6 is 0 Å². The van der Waals surface area contributed by atoms with Gasteiger partial charge in [0.2, 0.25) is 0 Å². The first-order valence-electron chi connectivity index (χ1n) is 7.30. The highest BCUT2D eigenvalue weighted by Gasteiger charge is 2.14. The van der Waals surface area contributed by atoms with Crippen molar-refractivity contribution in [2.45, 2.75) is 26.0 Å². The summed E-state index contributed by atoms with van der Waals surface area (Å²) in [6, 6.07) is 8.65. The predicted molar refractivity (Wildman–Crippen MR) is 83.9 cm³/mol. The molecule has 0 saturated heterocycles. The van der Waals surface area contributed by atoms with E-state index in [4.69, 9.17) is 4.74 Å². The maximum absolute atomic E-state index is 5.41. The van der Waals surface area contributed by atoms with Crippen LogP contribution < -0.4 is 5.32 Å². The van der Waals surface area contributed by atoms with Crippen LogP contribution in [0.4, 0.5) is 0 Å². The van der Waals surface area contributed by atoms with Gasteiger partial charge >= 0.3 is 0 Å². The number of hydrogen-bond donors (Lipinski definition) is 1. The van der Waals surface area contributed by atoms with Gasteiger partial charge in [0.05, 0.1) is 6.10 Å². The zero-order valence-electron chi connectivity index (χ0n) is 12.2. The summed E-state index contributed by atoms with van der Waals surface area (Å²) in [6.45, 7) is 5.05. The fraction of sp³-hybridized carbons (Fsp3) is 0.412. The van der Waals surface area contributed by atoms with Crippen molar-refractivity contribution in [3.8, 4) is 0 Å². The van der Waals surface area contributed by atoms with Crippen LogP contribution in [0.5, 0.6) is 0 Å². The minimum Gasteiger partial charge on any atom is -0.380 e. The highest BCUT2D eigenvalue weighted by atomic mass is 16.5. The predicted octanol–water partition coefficient (Wildman–Crippen LogP) is 3.05. The highest BCUT2D eigenvalue weighted by Crippen LogP contribution is 2.30. The third-order valence-electron chi connectivity index (χ3n) is 4.05. The van der Waals surface area contributed by atoms with Crippen LogP contribution in [0.25, 0.3) is 16.5 Å². The Morgan fingerprint density at radius 3 is 2.95 bits per heavy atom. The molecule has 20 heavy (non-hydrogen) atoms. The lowest BCUT2D eigenvalue weighted by Gasteiger charge is -2.13. The molecule has 0 fully saturated rings. The maximum Gasteiger partial charge on any atom is 0.0722 e. The van der Waals surface area contributed by atoms with Crippen molar-refractivity contribution < 1.29 is 4.74 Å². The second-order valence-electron chi connectivity index (χ2n) is 5.44. The molecule has 3 heteroatoms. The van der Waals surface area contributed by atoms with E-state index in [1.54, 1.807) is 7.11 Å². The molecule has 106 valence electrons. The minimum atomic E-state index is 0.223. The first kappa shape index (κ1) is 13.4. The monoisotopic (exact) mass is 270 g/mol. The van der Waals surface area contributed by atoms with Crippen molar-refractivity contribution in [3.63, 3.8) is 0 Å². The van der Waals surface area contributed by atoms with Gasteiger partial charge in [-0.25, -0.2) is 0 Å². The van der Waals surface area contributed by atoms with Crippen LogP contribution in [0.1, 0.15) is 18.9 Å². The van der Waals surface area contributed by atoms with Gasteiger partial charge in [-0.1, -0.05) is 24.3 Å². The molecule has 0 spiro atoms. The number of nitrogens with zero attached hydrogens (tertiary/aromatic N) is 1. The Hall–Kier alpha value is -1.58. The van der Waals surface area contributed by atoms with E-state index in [9.17, 15) is 0 Å². The molecule has 1 N–H and O–H groups in total. The SMILES string of the molecule is COC(C)Cn1cc(C2=CCNCC2)c2ccccc21. The molecule has 0 radical (unpaired) electrons. The molecule has 3 nitrogen and oxygen atoms in total. The average molecular weight is 270 g/mol. The Kier molecular flexibility index (Phi) is 3.90. The topological polar surface area (TPSA) is 26.2 Å². The lowest BCUT2D eigenvalue weighted by Crippen LogP contribution is -2.20. The van der Waals surface area contributed by atoms with E-state index in [0.717, 1.165) is 26.1 Å². The summed E-state index contributed by atoms with van der Waals surface area (Å²) < 4.78 is 7.73. The van der Waals surface area contributed by atoms with Gasteiger partial charge in [0.15, 0.2) is 0 Å². The summed E-state index contributed by atoms with van der Waals surface area (Å²) in [6.07, 6.45) is 5.93. The summed E-state index contributed by atoms with van der Waals surface area (Å²) in [5.41, 5.74) is 4.14. The molecular weight excluding hydrogens is 248 g/mol. The smallest absolute Gasteiger partial charge is 0.0722 e. The van der Waals surface area contributed by atoms with Crippen molar-refractivity contribution in [1.29, 1.82) is 0 Å². The van der Waals surface area contributed by atoms with Crippen molar-refractivity contribution in [3.05, 3.63) is 42.1 Å². The van der Waals surface area contributed by atoms with Crippen molar-refractivity contribution in [1.82, 2.24) is 9.88 Å². The van der Waals surface area contributed by atoms with E-state index >= 15 is 0 Å². The van der Waals surface area contributed by atoms with Crippen LogP contribution in [-0.2, 0) is 11.3 Å². The molecule has 2 heterocycles. The molecule has 0 bridgehead atoms. The maximum atomic E-state index is 5.41. The molecule has 3 rings (SSSR count). The molecule has 1 aliphatic rings. The van der Waals surface area contributed by atoms with Crippen molar-refractivity contribution in [2.75, 3.05) is 20.2 Å². The van der Waals surface area contributed by atoms with Gasteiger partial charge in [-0.2, -0.15) is 0 Å². The largest absolute Gasteiger partial charge is 0.380 e. The standard InChI is InChI=1S/C17H22N2O/c1-13(20-2)11-19-12-16(14-7-9-18-10-8-14)15-5-3-4-6-17(15)19/h3-7,12-13,18H,8-11H2,1-2H3. The molecule has 1 aromatic heterocycles. The number of benzene rings is 1. The minimum absolute atomic E-state index is 0.223. The zero-order valence-corrected chi connectivity index (χ0v) is 12.2. The fourth-order valence-electron chi connectivity index (χ4n) is 2.87. The summed E-state index contributed by atoms with van der Waals surface area (Å²) in [5, 5.41) is 4.73. The Morgan fingerprint density at radius 2 is 2.20 bits per heavy atom. The van der Waals surface area contributed by atoms with E-state index in [0.29, 0.717) is 0 Å². The van der Waals surface area contributed by atoms with Gasteiger partial charge in [-0.15, -0.1) is 0 Å². The van der Waals surface area contributed by atoms with E-state index in [1.165, 1.54) is 22.0 Å². The Morgan fingerprint density at radius 1 is 1.35 bits per heavy atom.